The summed E-state index contributed by atoms with van der Waals surface area (Å²) in [7, 11) is 1.67. The highest BCUT2D eigenvalue weighted by Gasteiger charge is 2.42. The Kier molecular flexibility index (Phi) is 4.43. The van der Waals surface area contributed by atoms with E-state index in [9.17, 15) is 0 Å². The van der Waals surface area contributed by atoms with E-state index in [0.29, 0.717) is 5.92 Å². The van der Waals surface area contributed by atoms with Crippen LogP contribution in [0.4, 0.5) is 0 Å². The fraction of sp³-hybridized carbons (Fsp3) is 0.318. The first-order valence-corrected chi connectivity index (χ1v) is 8.80. The van der Waals surface area contributed by atoms with Crippen LogP contribution < -0.4 is 4.74 Å². The maximum Gasteiger partial charge on any atom is 0.149 e. The van der Waals surface area contributed by atoms with Crippen LogP contribution in [0.3, 0.4) is 0 Å². The number of hydrogen-bond acceptors (Lipinski definition) is 3. The van der Waals surface area contributed by atoms with Gasteiger partial charge in [0.15, 0.2) is 0 Å². The van der Waals surface area contributed by atoms with Crippen molar-refractivity contribution in [2.75, 3.05) is 7.11 Å². The highest BCUT2D eigenvalue weighted by Crippen LogP contribution is 2.38. The molecule has 0 N–H and O–H groups in total. The second kappa shape index (κ2) is 7.03. The van der Waals surface area contributed by atoms with Gasteiger partial charge in [-0.1, -0.05) is 59.8 Å². The van der Waals surface area contributed by atoms with Crippen LogP contribution in [0.2, 0.25) is 0 Å². The monoisotopic (exact) mass is 331 g/mol. The number of rotatable bonds is 2. The van der Waals surface area contributed by atoms with Crippen LogP contribution in [0.15, 0.2) is 59.8 Å². The van der Waals surface area contributed by atoms with Gasteiger partial charge in [-0.2, -0.15) is 0 Å². The molecule has 2 aliphatic rings. The molecule has 3 heteroatoms. The second-order valence-corrected chi connectivity index (χ2v) is 6.56. The molecular weight excluding hydrogens is 310 g/mol. The largest absolute Gasteiger partial charge is 0.497 e. The van der Waals surface area contributed by atoms with Gasteiger partial charge in [-0.05, 0) is 36.6 Å². The third kappa shape index (κ3) is 3.25. The van der Waals surface area contributed by atoms with Crippen molar-refractivity contribution in [3.63, 3.8) is 0 Å². The average molecular weight is 331 g/mol. The summed E-state index contributed by atoms with van der Waals surface area (Å²) < 4.78 is 5.27. The number of hydrogen-bond donors (Lipinski definition) is 0. The zero-order valence-corrected chi connectivity index (χ0v) is 14.3. The molecule has 25 heavy (non-hydrogen) atoms. The number of benzene rings is 2. The minimum Gasteiger partial charge on any atom is -0.497 e. The van der Waals surface area contributed by atoms with Crippen molar-refractivity contribution in [2.24, 2.45) is 17.0 Å². The van der Waals surface area contributed by atoms with Gasteiger partial charge in [0.05, 0.1) is 18.7 Å². The van der Waals surface area contributed by atoms with E-state index in [1.54, 1.807) is 7.11 Å². The average Bonchev–Trinajstić information content (AvgIpc) is 3.12. The van der Waals surface area contributed by atoms with Crippen molar-refractivity contribution >= 4 is 5.71 Å². The van der Waals surface area contributed by atoms with Gasteiger partial charge in [-0.3, -0.25) is 0 Å². The van der Waals surface area contributed by atoms with E-state index in [4.69, 9.17) is 9.57 Å². The summed E-state index contributed by atoms with van der Waals surface area (Å²) in [4.78, 5) is 5.83. The van der Waals surface area contributed by atoms with E-state index in [1.165, 1.54) is 0 Å². The number of oxime groups is 1. The van der Waals surface area contributed by atoms with Crippen LogP contribution >= 0.6 is 0 Å². The Balaban J connectivity index is 1.53. The summed E-state index contributed by atoms with van der Waals surface area (Å²) in [5.74, 6) is 8.12. The molecule has 3 atom stereocenters. The molecule has 4 rings (SSSR count). The molecule has 0 amide bonds. The molecule has 0 bridgehead atoms. The van der Waals surface area contributed by atoms with Gasteiger partial charge in [-0.15, -0.1) is 0 Å². The molecule has 0 saturated heterocycles. The van der Waals surface area contributed by atoms with E-state index in [0.717, 1.165) is 41.9 Å². The van der Waals surface area contributed by atoms with Gasteiger partial charge in [0, 0.05) is 11.5 Å². The standard InChI is InChI=1S/C22H21NO2/c1-24-19-11-5-7-16(15-19)13-14-18-10-6-12-20-21(23-25-22(18)20)17-8-3-2-4-9-17/h2-5,7-9,11,15,18,20,22H,6,10,12H2,1H3/t18-,20-,22-/m0/s1. The molecule has 0 spiro atoms. The molecule has 1 heterocycles. The summed E-state index contributed by atoms with van der Waals surface area (Å²) in [6.45, 7) is 0. The van der Waals surface area contributed by atoms with Gasteiger partial charge < -0.3 is 9.57 Å². The molecule has 1 aliphatic carbocycles. The van der Waals surface area contributed by atoms with E-state index in [2.05, 4.69) is 29.1 Å². The van der Waals surface area contributed by atoms with Crippen molar-refractivity contribution in [3.05, 3.63) is 65.7 Å². The van der Waals surface area contributed by atoms with Crippen molar-refractivity contribution in [3.8, 4) is 17.6 Å². The molecule has 1 saturated carbocycles. The Labute approximate surface area is 148 Å². The molecule has 0 aromatic heterocycles. The zero-order valence-electron chi connectivity index (χ0n) is 14.3. The third-order valence-corrected chi connectivity index (χ3v) is 4.99. The maximum atomic E-state index is 5.83. The van der Waals surface area contributed by atoms with E-state index >= 15 is 0 Å². The Hall–Kier alpha value is -2.73. The fourth-order valence-corrected chi connectivity index (χ4v) is 3.70. The van der Waals surface area contributed by atoms with Crippen LogP contribution in [0, 0.1) is 23.7 Å². The summed E-state index contributed by atoms with van der Waals surface area (Å²) in [6, 6.07) is 18.2. The summed E-state index contributed by atoms with van der Waals surface area (Å²) in [5.41, 5.74) is 3.22. The topological polar surface area (TPSA) is 30.8 Å². The molecule has 2 aromatic carbocycles. The lowest BCUT2D eigenvalue weighted by molar-refractivity contribution is 0.0157. The van der Waals surface area contributed by atoms with Gasteiger partial charge in [0.2, 0.25) is 0 Å². The molecule has 0 unspecified atom stereocenters. The molecule has 1 fully saturated rings. The number of fused-ring (bicyclic) bond motifs is 1. The van der Waals surface area contributed by atoms with Gasteiger partial charge >= 0.3 is 0 Å². The van der Waals surface area contributed by atoms with Crippen molar-refractivity contribution in [1.29, 1.82) is 0 Å². The van der Waals surface area contributed by atoms with Crippen LogP contribution in [-0.2, 0) is 4.84 Å². The number of nitrogens with zero attached hydrogens (tertiary/aromatic N) is 1. The Morgan fingerprint density at radius 2 is 1.96 bits per heavy atom. The second-order valence-electron chi connectivity index (χ2n) is 6.56. The molecule has 126 valence electrons. The summed E-state index contributed by atoms with van der Waals surface area (Å²) >= 11 is 0. The number of methoxy groups -OCH3 is 1. The minimum atomic E-state index is 0.0714. The van der Waals surface area contributed by atoms with Crippen LogP contribution in [0.25, 0.3) is 0 Å². The first-order chi connectivity index (χ1) is 12.3. The quantitative estimate of drug-likeness (QED) is 0.770. The van der Waals surface area contributed by atoms with Crippen LogP contribution in [0.1, 0.15) is 30.4 Å². The fourth-order valence-electron chi connectivity index (χ4n) is 3.70. The van der Waals surface area contributed by atoms with Crippen LogP contribution in [-0.4, -0.2) is 18.9 Å². The zero-order chi connectivity index (χ0) is 17.1. The van der Waals surface area contributed by atoms with E-state index < -0.39 is 0 Å². The third-order valence-electron chi connectivity index (χ3n) is 4.99. The number of ether oxygens (including phenoxy) is 1. The lowest BCUT2D eigenvalue weighted by Crippen LogP contribution is -2.34. The molecule has 2 aromatic rings. The SMILES string of the molecule is COc1cccc(C#C[C@@H]2CCC[C@H]3C(c4ccccc4)=NO[C@@H]23)c1. The highest BCUT2D eigenvalue weighted by molar-refractivity contribution is 6.03. The van der Waals surface area contributed by atoms with Gasteiger partial charge in [-0.25, -0.2) is 0 Å². The first-order valence-electron chi connectivity index (χ1n) is 8.80. The minimum absolute atomic E-state index is 0.0714. The van der Waals surface area contributed by atoms with E-state index in [-0.39, 0.29) is 12.0 Å². The van der Waals surface area contributed by atoms with Crippen molar-refractivity contribution < 1.29 is 9.57 Å². The lowest BCUT2D eigenvalue weighted by atomic mass is 9.76. The highest BCUT2D eigenvalue weighted by atomic mass is 16.6. The van der Waals surface area contributed by atoms with Crippen molar-refractivity contribution in [1.82, 2.24) is 0 Å². The van der Waals surface area contributed by atoms with Crippen molar-refractivity contribution in [2.45, 2.75) is 25.4 Å². The Bertz CT molecular complexity index is 832. The Morgan fingerprint density at radius 3 is 2.80 bits per heavy atom. The summed E-state index contributed by atoms with van der Waals surface area (Å²) in [5, 5.41) is 4.41. The molecular formula is C22H21NO2. The summed E-state index contributed by atoms with van der Waals surface area (Å²) in [6.07, 6.45) is 3.42. The molecule has 0 radical (unpaired) electrons. The normalized spacial score (nSPS) is 24.4. The van der Waals surface area contributed by atoms with E-state index in [1.807, 2.05) is 42.5 Å². The van der Waals surface area contributed by atoms with Crippen LogP contribution in [0.5, 0.6) is 5.75 Å². The predicted molar refractivity (Wildman–Crippen MR) is 98.6 cm³/mol. The molecule has 3 nitrogen and oxygen atoms in total. The lowest BCUT2D eigenvalue weighted by Gasteiger charge is -2.28. The maximum absolute atomic E-state index is 5.83. The predicted octanol–water partition coefficient (Wildman–Crippen LogP) is 4.27. The Morgan fingerprint density at radius 1 is 1.08 bits per heavy atom. The molecule has 1 aliphatic heterocycles. The van der Waals surface area contributed by atoms with Gasteiger partial charge in [0.1, 0.15) is 11.9 Å². The van der Waals surface area contributed by atoms with Gasteiger partial charge in [0.25, 0.3) is 0 Å². The first kappa shape index (κ1) is 15.8. The smallest absolute Gasteiger partial charge is 0.149 e.